The molecular formula is C26H20Si. The predicted molar refractivity (Wildman–Crippen MR) is 118 cm³/mol. The van der Waals surface area contributed by atoms with Gasteiger partial charge in [-0.2, -0.15) is 0 Å². The smallest absolute Gasteiger partial charge is 0.107 e. The van der Waals surface area contributed by atoms with Crippen molar-refractivity contribution in [2.45, 2.75) is 0 Å². The monoisotopic (exact) mass is 360 g/mol. The van der Waals surface area contributed by atoms with Gasteiger partial charge in [0.25, 0.3) is 0 Å². The van der Waals surface area contributed by atoms with E-state index in [2.05, 4.69) is 115 Å². The van der Waals surface area contributed by atoms with Gasteiger partial charge >= 0.3 is 0 Å². The number of hydrogen-bond donors (Lipinski definition) is 0. The summed E-state index contributed by atoms with van der Waals surface area (Å²) in [6.45, 7) is 4.40. The lowest BCUT2D eigenvalue weighted by Crippen LogP contribution is -2.56. The minimum atomic E-state index is -2.36. The molecule has 1 heteroatoms. The first-order chi connectivity index (χ1) is 13.3. The number of hydrogen-bond acceptors (Lipinski definition) is 0. The fraction of sp³-hybridized carbons (Fsp3) is 0. The molecule has 3 aromatic carbocycles. The Hall–Kier alpha value is -2.90. The van der Waals surface area contributed by atoms with Crippen molar-refractivity contribution in [3.63, 3.8) is 0 Å². The van der Waals surface area contributed by atoms with E-state index in [-0.39, 0.29) is 0 Å². The van der Waals surface area contributed by atoms with Crippen LogP contribution >= 0.6 is 0 Å². The summed E-state index contributed by atoms with van der Waals surface area (Å²) in [6.07, 6.45) is 9.16. The second-order valence-electron chi connectivity index (χ2n) is 7.05. The fourth-order valence-corrected chi connectivity index (χ4v) is 8.79. The Morgan fingerprint density at radius 1 is 0.556 bits per heavy atom. The van der Waals surface area contributed by atoms with Gasteiger partial charge in [0, 0.05) is 11.1 Å². The minimum absolute atomic E-state index is 1.30. The molecule has 0 saturated heterocycles. The third kappa shape index (κ3) is 2.35. The van der Waals surface area contributed by atoms with Gasteiger partial charge in [0.1, 0.15) is 8.07 Å². The third-order valence-electron chi connectivity index (χ3n) is 5.75. The van der Waals surface area contributed by atoms with Gasteiger partial charge in [-0.05, 0) is 22.3 Å². The van der Waals surface area contributed by atoms with E-state index in [1.807, 2.05) is 0 Å². The van der Waals surface area contributed by atoms with Crippen LogP contribution in [0.2, 0.25) is 0 Å². The van der Waals surface area contributed by atoms with Crippen LogP contribution < -0.4 is 5.19 Å². The van der Waals surface area contributed by atoms with Crippen molar-refractivity contribution in [1.29, 1.82) is 0 Å². The van der Waals surface area contributed by atoms with E-state index >= 15 is 0 Å². The second kappa shape index (κ2) is 6.36. The van der Waals surface area contributed by atoms with Crippen molar-refractivity contribution in [3.8, 4) is 0 Å². The maximum Gasteiger partial charge on any atom is 0.139 e. The summed E-state index contributed by atoms with van der Waals surface area (Å²) in [5, 5.41) is 1.38. The number of allylic oxidation sites excluding steroid dienone is 2. The van der Waals surface area contributed by atoms with E-state index in [1.165, 1.54) is 38.5 Å². The summed E-state index contributed by atoms with van der Waals surface area (Å²) >= 11 is 0. The average Bonchev–Trinajstić information content (AvgIpc) is 3.36. The fourth-order valence-electron chi connectivity index (χ4n) is 4.48. The first-order valence-electron chi connectivity index (χ1n) is 9.33. The Kier molecular flexibility index (Phi) is 3.84. The molecule has 0 nitrogen and oxygen atoms in total. The lowest BCUT2D eigenvalue weighted by Gasteiger charge is -2.39. The molecule has 0 heterocycles. The van der Waals surface area contributed by atoms with Crippen molar-refractivity contribution in [2.75, 3.05) is 0 Å². The summed E-state index contributed by atoms with van der Waals surface area (Å²) < 4.78 is 0. The molecule has 27 heavy (non-hydrogen) atoms. The maximum absolute atomic E-state index is 4.40. The Labute approximate surface area is 162 Å². The molecule has 0 fully saturated rings. The van der Waals surface area contributed by atoms with Gasteiger partial charge in [0.05, 0.1) is 0 Å². The Morgan fingerprint density at radius 3 is 1.56 bits per heavy atom. The molecule has 0 aromatic heterocycles. The molecular weight excluding hydrogens is 340 g/mol. The van der Waals surface area contributed by atoms with E-state index in [1.54, 1.807) is 0 Å². The van der Waals surface area contributed by atoms with Gasteiger partial charge in [-0.25, -0.2) is 0 Å². The largest absolute Gasteiger partial charge is 0.139 e. The molecule has 0 aliphatic heterocycles. The zero-order valence-electron chi connectivity index (χ0n) is 15.1. The Morgan fingerprint density at radius 2 is 1.04 bits per heavy atom. The van der Waals surface area contributed by atoms with Crippen LogP contribution in [0.1, 0.15) is 22.3 Å². The van der Waals surface area contributed by atoms with E-state index in [0.717, 1.165) is 0 Å². The van der Waals surface area contributed by atoms with Crippen LogP contribution in [0.4, 0.5) is 0 Å². The van der Waals surface area contributed by atoms with E-state index in [4.69, 9.17) is 0 Å². The van der Waals surface area contributed by atoms with Gasteiger partial charge < -0.3 is 0 Å². The number of benzene rings is 3. The molecule has 3 aromatic rings. The van der Waals surface area contributed by atoms with Crippen LogP contribution in [0, 0.1) is 11.1 Å². The molecule has 0 spiro atoms. The highest BCUT2D eigenvalue weighted by molar-refractivity contribution is 7.06. The standard InChI is InChI=1S/C26H20Si/c1-2-27(22-12-4-3-5-13-22,25-18-16-20-10-6-8-14-23(20)25)26-19-17-21-11-7-9-15-24(21)26/h2-19H,1H2. The molecule has 5 rings (SSSR count). The highest BCUT2D eigenvalue weighted by Gasteiger charge is 2.50. The molecule has 0 N–H and O–H groups in total. The maximum atomic E-state index is 4.40. The molecule has 2 aliphatic carbocycles. The highest BCUT2D eigenvalue weighted by atomic mass is 28.3. The normalized spacial score (nSPS) is 15.7. The molecule has 0 atom stereocenters. The average molecular weight is 361 g/mol. The van der Waals surface area contributed by atoms with Crippen LogP contribution in [-0.4, -0.2) is 8.07 Å². The molecule has 0 unspecified atom stereocenters. The molecule has 2 radical (unpaired) electrons. The lowest BCUT2D eigenvalue weighted by atomic mass is 10.1. The van der Waals surface area contributed by atoms with Gasteiger partial charge in [0.2, 0.25) is 0 Å². The number of rotatable bonds is 4. The Balaban J connectivity index is 1.77. The van der Waals surface area contributed by atoms with Gasteiger partial charge in [-0.15, -0.1) is 6.58 Å². The van der Waals surface area contributed by atoms with Crippen LogP contribution in [0.25, 0.3) is 12.2 Å². The van der Waals surface area contributed by atoms with E-state index < -0.39 is 8.07 Å². The van der Waals surface area contributed by atoms with Crippen molar-refractivity contribution >= 4 is 25.4 Å². The summed E-state index contributed by atoms with van der Waals surface area (Å²) in [7, 11) is -2.36. The van der Waals surface area contributed by atoms with Crippen molar-refractivity contribution < 1.29 is 0 Å². The first-order valence-corrected chi connectivity index (χ1v) is 11.4. The molecule has 0 amide bonds. The summed E-state index contributed by atoms with van der Waals surface area (Å²) in [6, 6.07) is 28.4. The van der Waals surface area contributed by atoms with Gasteiger partial charge in [0.15, 0.2) is 0 Å². The zero-order chi connectivity index (χ0) is 18.3. The van der Waals surface area contributed by atoms with Crippen molar-refractivity contribution in [2.24, 2.45) is 0 Å². The molecule has 0 bridgehead atoms. The summed E-state index contributed by atoms with van der Waals surface area (Å²) in [4.78, 5) is 0. The van der Waals surface area contributed by atoms with Crippen LogP contribution in [0.3, 0.4) is 0 Å². The highest BCUT2D eigenvalue weighted by Crippen LogP contribution is 2.46. The van der Waals surface area contributed by atoms with E-state index in [0.29, 0.717) is 0 Å². The molecule has 0 saturated carbocycles. The summed E-state index contributed by atoms with van der Waals surface area (Å²) in [5.41, 5.74) is 10.4. The Bertz CT molecular complexity index is 997. The van der Waals surface area contributed by atoms with Crippen LogP contribution in [0.5, 0.6) is 0 Å². The third-order valence-corrected chi connectivity index (χ3v) is 10.2. The number of fused-ring (bicyclic) bond motifs is 2. The second-order valence-corrected chi connectivity index (χ2v) is 10.7. The summed E-state index contributed by atoms with van der Waals surface area (Å²) in [5.74, 6) is 0. The molecule has 2 aliphatic rings. The van der Waals surface area contributed by atoms with Gasteiger partial charge in [-0.3, -0.25) is 0 Å². The van der Waals surface area contributed by atoms with Crippen molar-refractivity contribution in [1.82, 2.24) is 0 Å². The zero-order valence-corrected chi connectivity index (χ0v) is 16.1. The van der Waals surface area contributed by atoms with Crippen molar-refractivity contribution in [3.05, 3.63) is 137 Å². The quantitative estimate of drug-likeness (QED) is 0.543. The van der Waals surface area contributed by atoms with Gasteiger partial charge in [-0.1, -0.05) is 114 Å². The predicted octanol–water partition coefficient (Wildman–Crippen LogP) is 5.45. The minimum Gasteiger partial charge on any atom is -0.107 e. The topological polar surface area (TPSA) is 0 Å². The first kappa shape index (κ1) is 16.3. The van der Waals surface area contributed by atoms with Crippen LogP contribution in [0.15, 0.2) is 103 Å². The lowest BCUT2D eigenvalue weighted by molar-refractivity contribution is 1.38. The SMILES string of the molecule is C=C[Si]([C]1C=Cc2ccccc21)([C]1C=Cc2ccccc21)c1ccccc1. The molecule has 128 valence electrons. The van der Waals surface area contributed by atoms with E-state index in [9.17, 15) is 0 Å². The van der Waals surface area contributed by atoms with Crippen LogP contribution in [-0.2, 0) is 0 Å².